The Labute approximate surface area is 185 Å². The molecular formula is C21H26N4O3S2. The summed E-state index contributed by atoms with van der Waals surface area (Å²) < 4.78 is 7.56. The molecule has 9 heteroatoms. The molecule has 7 nitrogen and oxygen atoms in total. The summed E-state index contributed by atoms with van der Waals surface area (Å²) in [7, 11) is 0. The first-order valence-corrected chi connectivity index (χ1v) is 11.3. The molecule has 30 heavy (non-hydrogen) atoms. The molecule has 0 radical (unpaired) electrons. The van der Waals surface area contributed by atoms with Gasteiger partial charge in [0.15, 0.2) is 0 Å². The van der Waals surface area contributed by atoms with Crippen LogP contribution in [0.25, 0.3) is 11.7 Å². The van der Waals surface area contributed by atoms with E-state index in [0.29, 0.717) is 46.0 Å². The minimum absolute atomic E-state index is 0.166. The minimum atomic E-state index is -0.234. The standard InChI is InChI=1S/C21H26N4O3S2/c1-4-10-25-20(27)16(30-21(25)29)13-15-18(22-9-7-12-28-14(2)3)23-17-8-5-6-11-24(17)19(15)26/h5-6,8,11,13-14,22H,4,7,9-10,12H2,1-3H3. The second kappa shape index (κ2) is 10.2. The van der Waals surface area contributed by atoms with Crippen molar-refractivity contribution in [2.75, 3.05) is 25.0 Å². The molecule has 1 amide bonds. The molecule has 0 spiro atoms. The van der Waals surface area contributed by atoms with E-state index in [-0.39, 0.29) is 17.6 Å². The van der Waals surface area contributed by atoms with Crippen LogP contribution in [0.4, 0.5) is 5.82 Å². The normalized spacial score (nSPS) is 15.7. The van der Waals surface area contributed by atoms with Gasteiger partial charge in [0.05, 0.1) is 16.6 Å². The second-order valence-electron chi connectivity index (χ2n) is 7.14. The Morgan fingerprint density at radius 3 is 2.87 bits per heavy atom. The van der Waals surface area contributed by atoms with Crippen molar-refractivity contribution < 1.29 is 9.53 Å². The Kier molecular flexibility index (Phi) is 7.63. The molecule has 1 N–H and O–H groups in total. The lowest BCUT2D eigenvalue weighted by Crippen LogP contribution is -2.28. The van der Waals surface area contributed by atoms with Crippen LogP contribution in [0, 0.1) is 0 Å². The number of thiocarbonyl (C=S) groups is 1. The van der Waals surface area contributed by atoms with Crippen LogP contribution in [0.1, 0.15) is 39.2 Å². The van der Waals surface area contributed by atoms with Crippen LogP contribution in [0.2, 0.25) is 0 Å². The first-order valence-electron chi connectivity index (χ1n) is 10.0. The van der Waals surface area contributed by atoms with Gasteiger partial charge in [-0.1, -0.05) is 37.0 Å². The van der Waals surface area contributed by atoms with Gasteiger partial charge in [0.1, 0.15) is 15.8 Å². The first kappa shape index (κ1) is 22.5. The minimum Gasteiger partial charge on any atom is -0.379 e. The highest BCUT2D eigenvalue weighted by atomic mass is 32.2. The quantitative estimate of drug-likeness (QED) is 0.359. The van der Waals surface area contributed by atoms with Crippen molar-refractivity contribution in [3.05, 3.63) is 45.2 Å². The summed E-state index contributed by atoms with van der Waals surface area (Å²) in [6, 6.07) is 5.38. The molecule has 0 bridgehead atoms. The molecule has 0 aromatic carbocycles. The lowest BCUT2D eigenvalue weighted by Gasteiger charge is -2.13. The lowest BCUT2D eigenvalue weighted by molar-refractivity contribution is -0.122. The topological polar surface area (TPSA) is 75.9 Å². The number of carbonyl (C=O) groups excluding carboxylic acids is 1. The summed E-state index contributed by atoms with van der Waals surface area (Å²) in [6.07, 6.45) is 5.03. The summed E-state index contributed by atoms with van der Waals surface area (Å²) in [5.74, 6) is 0.289. The number of hydrogen-bond donors (Lipinski definition) is 1. The van der Waals surface area contributed by atoms with Crippen molar-refractivity contribution >= 4 is 51.7 Å². The number of carbonyl (C=O) groups is 1. The number of nitrogens with one attached hydrogen (secondary N) is 1. The third-order valence-electron chi connectivity index (χ3n) is 4.43. The summed E-state index contributed by atoms with van der Waals surface area (Å²) in [6.45, 7) is 7.76. The predicted octanol–water partition coefficient (Wildman–Crippen LogP) is 3.53. The summed E-state index contributed by atoms with van der Waals surface area (Å²) in [5.41, 5.74) is 0.655. The molecule has 1 fully saturated rings. The average Bonchev–Trinajstić information content (AvgIpc) is 2.98. The highest BCUT2D eigenvalue weighted by Crippen LogP contribution is 2.33. The zero-order valence-electron chi connectivity index (χ0n) is 17.4. The average molecular weight is 447 g/mol. The molecule has 2 aromatic rings. The van der Waals surface area contributed by atoms with E-state index in [1.807, 2.05) is 26.8 Å². The van der Waals surface area contributed by atoms with Crippen LogP contribution in [-0.2, 0) is 9.53 Å². The van der Waals surface area contributed by atoms with Crippen LogP contribution in [0.15, 0.2) is 34.1 Å². The SMILES string of the molecule is CCCN1C(=O)C(=Cc2c(NCCCOC(C)C)nc3ccccn3c2=O)SC1=S. The van der Waals surface area contributed by atoms with Crippen molar-refractivity contribution in [1.29, 1.82) is 0 Å². The third-order valence-corrected chi connectivity index (χ3v) is 5.81. The van der Waals surface area contributed by atoms with Gasteiger partial charge in [0.25, 0.3) is 11.5 Å². The molecule has 1 saturated heterocycles. The van der Waals surface area contributed by atoms with Gasteiger partial charge in [-0.15, -0.1) is 0 Å². The Hall–Kier alpha value is -2.23. The van der Waals surface area contributed by atoms with E-state index in [0.717, 1.165) is 12.8 Å². The molecule has 0 unspecified atom stereocenters. The molecular weight excluding hydrogens is 420 g/mol. The smallest absolute Gasteiger partial charge is 0.267 e. The van der Waals surface area contributed by atoms with Gasteiger partial charge in [-0.05, 0) is 44.9 Å². The van der Waals surface area contributed by atoms with Gasteiger partial charge in [0, 0.05) is 25.9 Å². The van der Waals surface area contributed by atoms with Crippen LogP contribution >= 0.6 is 24.0 Å². The Morgan fingerprint density at radius 1 is 1.33 bits per heavy atom. The maximum Gasteiger partial charge on any atom is 0.267 e. The first-order chi connectivity index (χ1) is 14.4. The fourth-order valence-electron chi connectivity index (χ4n) is 3.01. The largest absolute Gasteiger partial charge is 0.379 e. The number of fused-ring (bicyclic) bond motifs is 1. The number of aromatic nitrogens is 2. The Balaban J connectivity index is 1.94. The maximum absolute atomic E-state index is 13.2. The predicted molar refractivity (Wildman–Crippen MR) is 126 cm³/mol. The summed E-state index contributed by atoms with van der Waals surface area (Å²) in [4.78, 5) is 32.5. The van der Waals surface area contributed by atoms with Crippen molar-refractivity contribution in [3.63, 3.8) is 0 Å². The van der Waals surface area contributed by atoms with E-state index < -0.39 is 0 Å². The highest BCUT2D eigenvalue weighted by molar-refractivity contribution is 8.26. The number of nitrogens with zero attached hydrogens (tertiary/aromatic N) is 3. The summed E-state index contributed by atoms with van der Waals surface area (Å²) in [5, 5.41) is 3.24. The summed E-state index contributed by atoms with van der Waals surface area (Å²) >= 11 is 6.56. The molecule has 160 valence electrons. The van der Waals surface area contributed by atoms with Gasteiger partial charge in [-0.3, -0.25) is 18.9 Å². The van der Waals surface area contributed by atoms with Crippen LogP contribution in [0.5, 0.6) is 0 Å². The fourth-order valence-corrected chi connectivity index (χ4v) is 4.30. The zero-order valence-corrected chi connectivity index (χ0v) is 19.0. The monoisotopic (exact) mass is 446 g/mol. The number of hydrogen-bond acceptors (Lipinski definition) is 7. The van der Waals surface area contributed by atoms with Crippen LogP contribution < -0.4 is 10.9 Å². The fraction of sp³-hybridized carbons (Fsp3) is 0.429. The lowest BCUT2D eigenvalue weighted by atomic mass is 10.2. The highest BCUT2D eigenvalue weighted by Gasteiger charge is 2.31. The third kappa shape index (κ3) is 5.08. The van der Waals surface area contributed by atoms with E-state index in [9.17, 15) is 9.59 Å². The van der Waals surface area contributed by atoms with Gasteiger partial charge < -0.3 is 10.1 Å². The van der Waals surface area contributed by atoms with Crippen molar-refractivity contribution in [2.24, 2.45) is 0 Å². The van der Waals surface area contributed by atoms with Gasteiger partial charge in [-0.2, -0.15) is 0 Å². The van der Waals surface area contributed by atoms with Crippen LogP contribution in [-0.4, -0.2) is 50.3 Å². The molecule has 0 atom stereocenters. The van der Waals surface area contributed by atoms with Crippen molar-refractivity contribution in [1.82, 2.24) is 14.3 Å². The Bertz CT molecular complexity index is 1030. The Morgan fingerprint density at radius 2 is 2.13 bits per heavy atom. The van der Waals surface area contributed by atoms with Gasteiger partial charge in [0.2, 0.25) is 0 Å². The van der Waals surface area contributed by atoms with E-state index in [4.69, 9.17) is 17.0 Å². The molecule has 3 heterocycles. The van der Waals surface area contributed by atoms with E-state index in [1.165, 1.54) is 16.2 Å². The van der Waals surface area contributed by atoms with E-state index in [1.54, 1.807) is 29.3 Å². The molecule has 3 rings (SSSR count). The van der Waals surface area contributed by atoms with E-state index >= 15 is 0 Å². The zero-order chi connectivity index (χ0) is 21.7. The molecule has 0 aliphatic carbocycles. The van der Waals surface area contributed by atoms with Crippen molar-refractivity contribution in [3.8, 4) is 0 Å². The molecule has 1 aliphatic heterocycles. The number of rotatable bonds is 9. The second-order valence-corrected chi connectivity index (χ2v) is 8.82. The number of pyridine rings is 1. The number of thioether (sulfide) groups is 1. The van der Waals surface area contributed by atoms with E-state index in [2.05, 4.69) is 10.3 Å². The number of amides is 1. The van der Waals surface area contributed by atoms with Crippen LogP contribution in [0.3, 0.4) is 0 Å². The number of ether oxygens (including phenoxy) is 1. The maximum atomic E-state index is 13.2. The molecule has 2 aromatic heterocycles. The molecule has 1 aliphatic rings. The molecule has 0 saturated carbocycles. The van der Waals surface area contributed by atoms with Gasteiger partial charge in [-0.25, -0.2) is 4.98 Å². The van der Waals surface area contributed by atoms with Crippen molar-refractivity contribution in [2.45, 2.75) is 39.7 Å². The van der Waals surface area contributed by atoms with Gasteiger partial charge >= 0.3 is 0 Å². The number of anilines is 1.